The van der Waals surface area contributed by atoms with Crippen LogP contribution in [0, 0.1) is 5.92 Å². The van der Waals surface area contributed by atoms with Gasteiger partial charge in [-0.3, -0.25) is 4.90 Å². The fourth-order valence-corrected chi connectivity index (χ4v) is 5.15. The highest BCUT2D eigenvalue weighted by Gasteiger charge is 2.45. The maximum absolute atomic E-state index is 12.7. The number of ether oxygens (including phenoxy) is 2. The first-order valence-corrected chi connectivity index (χ1v) is 12.1. The van der Waals surface area contributed by atoms with Gasteiger partial charge >= 0.3 is 6.09 Å². The number of hydrogen-bond acceptors (Lipinski definition) is 4. The number of piperazine rings is 1. The van der Waals surface area contributed by atoms with Crippen LogP contribution in [0.3, 0.4) is 0 Å². The standard InChI is InChI=1S/C28H38N2O3/c1-21-18-29-14-15-30(26(31)33-27(2,3)4)19-24(29)17-28(21,5)23-12-9-13-25(16-23)32-20-22-10-7-6-8-11-22/h6-13,16,21,24H,14-15,17-20H2,1-5H3/t21-,24+,28+/m0/s1. The predicted molar refractivity (Wildman–Crippen MR) is 132 cm³/mol. The van der Waals surface area contributed by atoms with Crippen molar-refractivity contribution in [2.24, 2.45) is 5.92 Å². The van der Waals surface area contributed by atoms with Crippen LogP contribution in [0.5, 0.6) is 5.75 Å². The number of piperidine rings is 1. The first-order valence-electron chi connectivity index (χ1n) is 12.1. The molecule has 4 rings (SSSR count). The fourth-order valence-electron chi connectivity index (χ4n) is 5.15. The van der Waals surface area contributed by atoms with Crippen LogP contribution < -0.4 is 4.74 Å². The zero-order valence-corrected chi connectivity index (χ0v) is 20.7. The SMILES string of the molecule is C[C@H]1CN2CCN(C(=O)OC(C)(C)C)C[C@H]2C[C@@]1(C)c1cccc(OCc2ccccc2)c1. The highest BCUT2D eigenvalue weighted by Crippen LogP contribution is 2.43. The summed E-state index contributed by atoms with van der Waals surface area (Å²) >= 11 is 0. The maximum Gasteiger partial charge on any atom is 0.410 e. The monoisotopic (exact) mass is 450 g/mol. The Morgan fingerprint density at radius 3 is 2.55 bits per heavy atom. The van der Waals surface area contributed by atoms with Crippen LogP contribution in [-0.4, -0.2) is 53.7 Å². The molecule has 0 saturated carbocycles. The molecule has 178 valence electrons. The highest BCUT2D eigenvalue weighted by molar-refractivity contribution is 5.68. The second-order valence-electron chi connectivity index (χ2n) is 10.9. The molecule has 0 radical (unpaired) electrons. The number of rotatable bonds is 4. The number of benzene rings is 2. The van der Waals surface area contributed by atoms with Crippen LogP contribution in [0.15, 0.2) is 54.6 Å². The maximum atomic E-state index is 12.7. The summed E-state index contributed by atoms with van der Waals surface area (Å²) in [5.74, 6) is 1.41. The van der Waals surface area contributed by atoms with E-state index in [1.165, 1.54) is 11.1 Å². The van der Waals surface area contributed by atoms with E-state index in [4.69, 9.17) is 9.47 Å². The minimum Gasteiger partial charge on any atom is -0.489 e. The molecule has 0 aliphatic carbocycles. The average Bonchev–Trinajstić information content (AvgIpc) is 2.78. The van der Waals surface area contributed by atoms with Gasteiger partial charge in [-0.1, -0.05) is 56.3 Å². The molecule has 2 aromatic rings. The van der Waals surface area contributed by atoms with Crippen LogP contribution in [0.1, 0.15) is 52.2 Å². The Morgan fingerprint density at radius 1 is 1.06 bits per heavy atom. The minimum absolute atomic E-state index is 0.0181. The summed E-state index contributed by atoms with van der Waals surface area (Å²) in [6, 6.07) is 19.2. The molecule has 2 aliphatic rings. The summed E-state index contributed by atoms with van der Waals surface area (Å²) in [6.07, 6.45) is 0.814. The van der Waals surface area contributed by atoms with Gasteiger partial charge in [-0.2, -0.15) is 0 Å². The summed E-state index contributed by atoms with van der Waals surface area (Å²) in [6.45, 7) is 14.5. The second kappa shape index (κ2) is 9.38. The summed E-state index contributed by atoms with van der Waals surface area (Å²) in [7, 11) is 0. The first kappa shape index (κ1) is 23.6. The lowest BCUT2D eigenvalue weighted by atomic mass is 9.65. The largest absolute Gasteiger partial charge is 0.489 e. The lowest BCUT2D eigenvalue weighted by Crippen LogP contribution is -2.62. The van der Waals surface area contributed by atoms with Crippen LogP contribution >= 0.6 is 0 Å². The Kier molecular flexibility index (Phi) is 6.71. The van der Waals surface area contributed by atoms with Crippen LogP contribution in [0.4, 0.5) is 4.79 Å². The Morgan fingerprint density at radius 2 is 1.82 bits per heavy atom. The van der Waals surface area contributed by atoms with E-state index >= 15 is 0 Å². The second-order valence-corrected chi connectivity index (χ2v) is 10.9. The molecule has 3 atom stereocenters. The molecule has 5 heteroatoms. The summed E-state index contributed by atoms with van der Waals surface area (Å²) < 4.78 is 11.8. The van der Waals surface area contributed by atoms with Gasteiger partial charge in [0.25, 0.3) is 0 Å². The summed E-state index contributed by atoms with van der Waals surface area (Å²) in [4.78, 5) is 17.1. The zero-order valence-electron chi connectivity index (χ0n) is 20.7. The van der Waals surface area contributed by atoms with Crippen molar-refractivity contribution in [1.82, 2.24) is 9.80 Å². The van der Waals surface area contributed by atoms with Crippen LogP contribution in [0.2, 0.25) is 0 Å². The summed E-state index contributed by atoms with van der Waals surface area (Å²) in [5.41, 5.74) is 2.03. The minimum atomic E-state index is -0.468. The molecule has 0 aromatic heterocycles. The number of carbonyl (C=O) groups is 1. The average molecular weight is 451 g/mol. The van der Waals surface area contributed by atoms with Gasteiger partial charge in [0.05, 0.1) is 0 Å². The van der Waals surface area contributed by atoms with E-state index in [1.54, 1.807) is 0 Å². The van der Waals surface area contributed by atoms with E-state index in [0.717, 1.165) is 38.3 Å². The van der Waals surface area contributed by atoms with Gasteiger partial charge < -0.3 is 14.4 Å². The molecule has 0 bridgehead atoms. The Labute approximate surface area is 198 Å². The number of fused-ring (bicyclic) bond motifs is 1. The molecule has 2 aliphatic heterocycles. The Hall–Kier alpha value is -2.53. The van der Waals surface area contributed by atoms with Crippen molar-refractivity contribution in [3.05, 3.63) is 65.7 Å². The number of hydrogen-bond donors (Lipinski definition) is 0. The Bertz CT molecular complexity index is 955. The van der Waals surface area contributed by atoms with Gasteiger partial charge in [-0.15, -0.1) is 0 Å². The molecule has 5 nitrogen and oxygen atoms in total. The van der Waals surface area contributed by atoms with Crippen molar-refractivity contribution in [3.8, 4) is 5.75 Å². The van der Waals surface area contributed by atoms with Crippen LogP contribution in [0.25, 0.3) is 0 Å². The molecule has 2 saturated heterocycles. The molecule has 1 amide bonds. The van der Waals surface area contributed by atoms with E-state index in [-0.39, 0.29) is 11.5 Å². The molecular formula is C28H38N2O3. The van der Waals surface area contributed by atoms with Gasteiger partial charge in [0.2, 0.25) is 0 Å². The Balaban J connectivity index is 1.47. The normalized spacial score (nSPS) is 25.9. The van der Waals surface area contributed by atoms with Crippen molar-refractivity contribution < 1.29 is 14.3 Å². The fraction of sp³-hybridized carbons (Fsp3) is 0.536. The molecular weight excluding hydrogens is 412 g/mol. The molecule has 2 aromatic carbocycles. The van der Waals surface area contributed by atoms with Gasteiger partial charge in [0.15, 0.2) is 0 Å². The highest BCUT2D eigenvalue weighted by atomic mass is 16.6. The molecule has 2 heterocycles. The smallest absolute Gasteiger partial charge is 0.410 e. The summed E-state index contributed by atoms with van der Waals surface area (Å²) in [5, 5.41) is 0. The molecule has 0 unspecified atom stereocenters. The lowest BCUT2D eigenvalue weighted by Gasteiger charge is -2.53. The van der Waals surface area contributed by atoms with E-state index in [1.807, 2.05) is 49.9 Å². The topological polar surface area (TPSA) is 42.0 Å². The number of nitrogens with zero attached hydrogens (tertiary/aromatic N) is 2. The van der Waals surface area contributed by atoms with Crippen molar-refractivity contribution in [2.75, 3.05) is 26.2 Å². The third kappa shape index (κ3) is 5.52. The zero-order chi connectivity index (χ0) is 23.6. The third-order valence-corrected chi connectivity index (χ3v) is 7.25. The molecule has 0 spiro atoms. The van der Waals surface area contributed by atoms with E-state index in [0.29, 0.717) is 18.6 Å². The third-order valence-electron chi connectivity index (χ3n) is 7.25. The van der Waals surface area contributed by atoms with Gasteiger partial charge in [-0.05, 0) is 61.8 Å². The predicted octanol–water partition coefficient (Wildman–Crippen LogP) is 5.48. The number of amides is 1. The molecule has 2 fully saturated rings. The van der Waals surface area contributed by atoms with E-state index in [2.05, 4.69) is 49.1 Å². The van der Waals surface area contributed by atoms with Crippen molar-refractivity contribution in [3.63, 3.8) is 0 Å². The van der Waals surface area contributed by atoms with Gasteiger partial charge in [0, 0.05) is 32.2 Å². The lowest BCUT2D eigenvalue weighted by molar-refractivity contribution is -0.0228. The van der Waals surface area contributed by atoms with Crippen molar-refractivity contribution in [2.45, 2.75) is 64.7 Å². The van der Waals surface area contributed by atoms with E-state index in [9.17, 15) is 4.79 Å². The number of carbonyl (C=O) groups excluding carboxylic acids is 1. The quantitative estimate of drug-likeness (QED) is 0.618. The van der Waals surface area contributed by atoms with Gasteiger partial charge in [0.1, 0.15) is 18.0 Å². The van der Waals surface area contributed by atoms with Gasteiger partial charge in [-0.25, -0.2) is 4.79 Å². The first-order chi connectivity index (χ1) is 15.6. The van der Waals surface area contributed by atoms with Crippen molar-refractivity contribution in [1.29, 1.82) is 0 Å². The van der Waals surface area contributed by atoms with E-state index < -0.39 is 5.60 Å². The molecule has 0 N–H and O–H groups in total. The molecule has 33 heavy (non-hydrogen) atoms. The van der Waals surface area contributed by atoms with Crippen LogP contribution in [-0.2, 0) is 16.8 Å². The van der Waals surface area contributed by atoms with Crippen molar-refractivity contribution >= 4 is 6.09 Å².